The van der Waals surface area contributed by atoms with E-state index in [-0.39, 0.29) is 17.7 Å². The average molecular weight is 410 g/mol. The van der Waals surface area contributed by atoms with Crippen LogP contribution in [0.25, 0.3) is 5.69 Å². The average Bonchev–Trinajstić information content (AvgIpc) is 3.54. The van der Waals surface area contributed by atoms with E-state index in [0.717, 1.165) is 43.0 Å². The van der Waals surface area contributed by atoms with Crippen molar-refractivity contribution in [2.24, 2.45) is 5.92 Å². The molecule has 0 radical (unpaired) electrons. The summed E-state index contributed by atoms with van der Waals surface area (Å²) in [6, 6.07) is 7.98. The van der Waals surface area contributed by atoms with Crippen molar-refractivity contribution in [1.82, 2.24) is 20.0 Å². The number of carbonyl (C=O) groups is 2. The summed E-state index contributed by atoms with van der Waals surface area (Å²) < 4.78 is 1.73. The first-order valence-electron chi connectivity index (χ1n) is 11.0. The zero-order chi connectivity index (χ0) is 21.1. The number of nitrogens with one attached hydrogen (secondary N) is 2. The Morgan fingerprint density at radius 2 is 1.90 bits per heavy atom. The van der Waals surface area contributed by atoms with Crippen molar-refractivity contribution in [3.8, 4) is 5.69 Å². The Bertz CT molecular complexity index is 901. The zero-order valence-corrected chi connectivity index (χ0v) is 17.9. The molecule has 1 atom stereocenters. The third kappa shape index (κ3) is 4.90. The number of carbonyl (C=O) groups excluding carboxylic acids is 2. The van der Waals surface area contributed by atoms with Gasteiger partial charge in [-0.3, -0.25) is 14.5 Å². The van der Waals surface area contributed by atoms with Crippen LogP contribution in [0.1, 0.15) is 55.1 Å². The molecule has 2 N–H and O–H groups in total. The first-order valence-corrected chi connectivity index (χ1v) is 11.0. The molecule has 2 heterocycles. The highest BCUT2D eigenvalue weighted by molar-refractivity contribution is 5.95. The van der Waals surface area contributed by atoms with E-state index < -0.39 is 0 Å². The number of hydrogen-bond donors (Lipinski definition) is 2. The van der Waals surface area contributed by atoms with Gasteiger partial charge in [0.2, 0.25) is 5.91 Å². The molecule has 1 aliphatic carbocycles. The summed E-state index contributed by atoms with van der Waals surface area (Å²) in [5.74, 6) is 0.174. The second-order valence-corrected chi connectivity index (χ2v) is 8.52. The Morgan fingerprint density at radius 1 is 1.13 bits per heavy atom. The van der Waals surface area contributed by atoms with E-state index in [1.54, 1.807) is 4.68 Å². The van der Waals surface area contributed by atoms with Gasteiger partial charge in [0.05, 0.1) is 23.3 Å². The predicted octanol–water partition coefficient (Wildman–Crippen LogP) is 3.13. The van der Waals surface area contributed by atoms with Gasteiger partial charge in [0.25, 0.3) is 5.91 Å². The van der Waals surface area contributed by atoms with E-state index in [4.69, 9.17) is 0 Å². The van der Waals surface area contributed by atoms with Crippen molar-refractivity contribution in [2.75, 3.05) is 25.0 Å². The maximum absolute atomic E-state index is 12.5. The smallest absolute Gasteiger partial charge is 0.251 e. The molecule has 1 unspecified atom stereocenters. The molecule has 2 aromatic rings. The van der Waals surface area contributed by atoms with Gasteiger partial charge in [0.15, 0.2) is 0 Å². The summed E-state index contributed by atoms with van der Waals surface area (Å²) in [4.78, 5) is 26.9. The topological polar surface area (TPSA) is 79.3 Å². The summed E-state index contributed by atoms with van der Waals surface area (Å²) in [6.07, 6.45) is 7.57. The first-order chi connectivity index (χ1) is 14.5. The zero-order valence-electron chi connectivity index (χ0n) is 17.9. The molecule has 0 spiro atoms. The Hall–Kier alpha value is -2.67. The fourth-order valence-corrected chi connectivity index (χ4v) is 3.97. The monoisotopic (exact) mass is 409 g/mol. The minimum Gasteiger partial charge on any atom is -0.351 e. The van der Waals surface area contributed by atoms with Crippen LogP contribution >= 0.6 is 0 Å². The molecule has 7 heteroatoms. The van der Waals surface area contributed by atoms with E-state index in [1.807, 2.05) is 37.4 Å². The molecule has 1 saturated heterocycles. The number of benzene rings is 1. The van der Waals surface area contributed by atoms with Crippen LogP contribution in [-0.4, -0.2) is 52.2 Å². The summed E-state index contributed by atoms with van der Waals surface area (Å²) in [5, 5.41) is 10.5. The Kier molecular flexibility index (Phi) is 6.18. The fourth-order valence-electron chi connectivity index (χ4n) is 3.97. The van der Waals surface area contributed by atoms with Gasteiger partial charge in [0, 0.05) is 30.6 Å². The third-order valence-electron chi connectivity index (χ3n) is 6.12. The summed E-state index contributed by atoms with van der Waals surface area (Å²) in [5.41, 5.74) is 3.00. The van der Waals surface area contributed by atoms with Gasteiger partial charge in [-0.05, 0) is 70.3 Å². The maximum atomic E-state index is 12.5. The van der Waals surface area contributed by atoms with Gasteiger partial charge in [-0.2, -0.15) is 5.10 Å². The van der Waals surface area contributed by atoms with Crippen molar-refractivity contribution in [2.45, 2.75) is 52.0 Å². The van der Waals surface area contributed by atoms with Crippen molar-refractivity contribution in [3.63, 3.8) is 0 Å². The molecule has 2 amide bonds. The minimum absolute atomic E-state index is 0.0553. The number of amides is 2. The molecule has 2 aliphatic rings. The number of piperidine rings is 1. The van der Waals surface area contributed by atoms with Crippen molar-refractivity contribution in [3.05, 3.63) is 41.7 Å². The number of nitrogens with zero attached hydrogens (tertiary/aromatic N) is 3. The van der Waals surface area contributed by atoms with E-state index in [1.165, 1.54) is 19.3 Å². The molecule has 160 valence electrons. The van der Waals surface area contributed by atoms with Gasteiger partial charge < -0.3 is 10.6 Å². The SMILES string of the molecule is Cc1nn(-c2ccc(C(=O)NCCN3CCCCC3C)cc2)cc1NC(=O)C1CC1. The number of hydrogen-bond acceptors (Lipinski definition) is 4. The molecule has 0 bridgehead atoms. The Balaban J connectivity index is 1.32. The minimum atomic E-state index is -0.0553. The van der Waals surface area contributed by atoms with Crippen LogP contribution in [0.2, 0.25) is 0 Å². The molecule has 1 aromatic carbocycles. The lowest BCUT2D eigenvalue weighted by molar-refractivity contribution is -0.117. The van der Waals surface area contributed by atoms with E-state index >= 15 is 0 Å². The van der Waals surface area contributed by atoms with E-state index in [9.17, 15) is 9.59 Å². The summed E-state index contributed by atoms with van der Waals surface area (Å²) in [6.45, 7) is 6.82. The Morgan fingerprint density at radius 3 is 2.60 bits per heavy atom. The number of rotatable bonds is 7. The molecular formula is C23H31N5O2. The summed E-state index contributed by atoms with van der Waals surface area (Å²) >= 11 is 0. The molecule has 4 rings (SSSR count). The highest BCUT2D eigenvalue weighted by Gasteiger charge is 2.30. The van der Waals surface area contributed by atoms with Crippen LogP contribution in [0.4, 0.5) is 5.69 Å². The number of aryl methyl sites for hydroxylation is 1. The lowest BCUT2D eigenvalue weighted by Gasteiger charge is -2.33. The van der Waals surface area contributed by atoms with Gasteiger partial charge >= 0.3 is 0 Å². The molecule has 30 heavy (non-hydrogen) atoms. The standard InChI is InChI=1S/C23H31N5O2/c1-16-5-3-4-13-27(16)14-12-24-22(29)18-8-10-20(11-9-18)28-15-21(17(2)26-28)25-23(30)19-6-7-19/h8-11,15-16,19H,3-7,12-14H2,1-2H3,(H,24,29)(H,25,30). The second kappa shape index (κ2) is 9.00. The second-order valence-electron chi connectivity index (χ2n) is 8.52. The van der Waals surface area contributed by atoms with Gasteiger partial charge in [-0.1, -0.05) is 6.42 Å². The first kappa shape index (κ1) is 20.6. The maximum Gasteiger partial charge on any atom is 0.251 e. The number of likely N-dealkylation sites (tertiary alicyclic amines) is 1. The molecular weight excluding hydrogens is 378 g/mol. The normalized spacial score (nSPS) is 19.5. The van der Waals surface area contributed by atoms with Crippen LogP contribution in [-0.2, 0) is 4.79 Å². The largest absolute Gasteiger partial charge is 0.351 e. The highest BCUT2D eigenvalue weighted by Crippen LogP contribution is 2.30. The van der Waals surface area contributed by atoms with Crippen LogP contribution < -0.4 is 10.6 Å². The third-order valence-corrected chi connectivity index (χ3v) is 6.12. The lowest BCUT2D eigenvalue weighted by atomic mass is 10.0. The number of anilines is 1. The van der Waals surface area contributed by atoms with Gasteiger partial charge in [-0.25, -0.2) is 4.68 Å². The molecule has 7 nitrogen and oxygen atoms in total. The predicted molar refractivity (Wildman–Crippen MR) is 117 cm³/mol. The fraction of sp³-hybridized carbons (Fsp3) is 0.522. The van der Waals surface area contributed by atoms with Crippen LogP contribution in [0.3, 0.4) is 0 Å². The van der Waals surface area contributed by atoms with Crippen LogP contribution in [0.5, 0.6) is 0 Å². The molecule has 2 fully saturated rings. The quantitative estimate of drug-likeness (QED) is 0.736. The van der Waals surface area contributed by atoms with Gasteiger partial charge in [0.1, 0.15) is 0 Å². The van der Waals surface area contributed by atoms with Gasteiger partial charge in [-0.15, -0.1) is 0 Å². The van der Waals surface area contributed by atoms with Crippen molar-refractivity contribution < 1.29 is 9.59 Å². The van der Waals surface area contributed by atoms with E-state index in [0.29, 0.717) is 18.2 Å². The van der Waals surface area contributed by atoms with Crippen molar-refractivity contribution >= 4 is 17.5 Å². The van der Waals surface area contributed by atoms with E-state index in [2.05, 4.69) is 27.6 Å². The lowest BCUT2D eigenvalue weighted by Crippen LogP contribution is -2.42. The molecule has 1 aliphatic heterocycles. The van der Waals surface area contributed by atoms with Crippen LogP contribution in [0, 0.1) is 12.8 Å². The van der Waals surface area contributed by atoms with Crippen molar-refractivity contribution in [1.29, 1.82) is 0 Å². The van der Waals surface area contributed by atoms with Crippen LogP contribution in [0.15, 0.2) is 30.5 Å². The summed E-state index contributed by atoms with van der Waals surface area (Å²) in [7, 11) is 0. The highest BCUT2D eigenvalue weighted by atomic mass is 16.2. The molecule has 1 aromatic heterocycles. The Labute approximate surface area is 177 Å². The molecule has 1 saturated carbocycles. The number of aromatic nitrogens is 2.